The summed E-state index contributed by atoms with van der Waals surface area (Å²) in [6.07, 6.45) is 5.30. The molecule has 1 aliphatic heterocycles. The van der Waals surface area contributed by atoms with Crippen molar-refractivity contribution in [2.24, 2.45) is 0 Å². The van der Waals surface area contributed by atoms with E-state index in [1.54, 1.807) is 0 Å². The van der Waals surface area contributed by atoms with Crippen molar-refractivity contribution in [2.45, 2.75) is 44.6 Å². The summed E-state index contributed by atoms with van der Waals surface area (Å²) in [6.45, 7) is 0.0875. The van der Waals surface area contributed by atoms with Gasteiger partial charge in [0.05, 0.1) is 5.69 Å². The molecular formula is C15H19NO3. The predicted octanol–water partition coefficient (Wildman–Crippen LogP) is 2.04. The van der Waals surface area contributed by atoms with Crippen molar-refractivity contribution in [1.29, 1.82) is 0 Å². The molecule has 0 radical (unpaired) electrons. The fourth-order valence-corrected chi connectivity index (χ4v) is 2.85. The van der Waals surface area contributed by atoms with Crippen molar-refractivity contribution in [3.8, 4) is 5.75 Å². The van der Waals surface area contributed by atoms with Gasteiger partial charge in [0.1, 0.15) is 5.75 Å². The van der Waals surface area contributed by atoms with Crippen LogP contribution in [0.4, 0.5) is 5.69 Å². The molecule has 1 aromatic carbocycles. The fraction of sp³-hybridized carbons (Fsp3) is 0.533. The molecule has 19 heavy (non-hydrogen) atoms. The van der Waals surface area contributed by atoms with Gasteiger partial charge in [0.2, 0.25) is 0 Å². The minimum Gasteiger partial charge on any atom is -0.478 e. The smallest absolute Gasteiger partial charge is 0.265 e. The highest BCUT2D eigenvalue weighted by atomic mass is 16.5. The van der Waals surface area contributed by atoms with Crippen molar-refractivity contribution >= 4 is 11.6 Å². The Hall–Kier alpha value is -1.55. The van der Waals surface area contributed by atoms with Crippen molar-refractivity contribution in [2.75, 3.05) is 11.9 Å². The molecule has 1 unspecified atom stereocenters. The number of aliphatic hydroxyl groups is 1. The van der Waals surface area contributed by atoms with Crippen LogP contribution in [-0.2, 0) is 17.6 Å². The molecule has 0 saturated heterocycles. The van der Waals surface area contributed by atoms with Gasteiger partial charge >= 0.3 is 0 Å². The summed E-state index contributed by atoms with van der Waals surface area (Å²) in [4.78, 5) is 11.9. The van der Waals surface area contributed by atoms with E-state index in [0.717, 1.165) is 24.3 Å². The molecule has 1 aromatic rings. The number of fused-ring (bicyclic) bond motifs is 2. The van der Waals surface area contributed by atoms with E-state index < -0.39 is 6.10 Å². The number of rotatable bonds is 3. The lowest BCUT2D eigenvalue weighted by molar-refractivity contribution is -0.123. The standard InChI is InChI=1S/C15H19NO3/c17-7-3-6-13-15(18)16-12-8-10-4-1-2-5-11(10)9-14(12)19-13/h8-9,13,17H,1-7H2,(H,16,18). The van der Waals surface area contributed by atoms with Crippen LogP contribution < -0.4 is 10.1 Å². The van der Waals surface area contributed by atoms with Gasteiger partial charge in [0, 0.05) is 6.61 Å². The van der Waals surface area contributed by atoms with Crippen molar-refractivity contribution in [3.63, 3.8) is 0 Å². The molecule has 4 heteroatoms. The minimum absolute atomic E-state index is 0.0875. The molecule has 1 aliphatic carbocycles. The molecule has 0 saturated carbocycles. The maximum absolute atomic E-state index is 11.9. The van der Waals surface area contributed by atoms with Crippen LogP contribution in [0.15, 0.2) is 12.1 Å². The molecule has 0 aromatic heterocycles. The maximum atomic E-state index is 11.9. The first-order chi connectivity index (χ1) is 9.28. The number of anilines is 1. The normalized spacial score (nSPS) is 21.1. The average Bonchev–Trinajstić information content (AvgIpc) is 2.43. The van der Waals surface area contributed by atoms with Crippen molar-refractivity contribution in [1.82, 2.24) is 0 Å². The highest BCUT2D eigenvalue weighted by Crippen LogP contribution is 2.36. The van der Waals surface area contributed by atoms with Crippen LogP contribution in [0.1, 0.15) is 36.8 Å². The first kappa shape index (κ1) is 12.5. The summed E-state index contributed by atoms with van der Waals surface area (Å²) in [7, 11) is 0. The van der Waals surface area contributed by atoms with E-state index in [1.807, 2.05) is 0 Å². The number of amides is 1. The second kappa shape index (κ2) is 5.21. The van der Waals surface area contributed by atoms with E-state index in [-0.39, 0.29) is 12.5 Å². The zero-order chi connectivity index (χ0) is 13.2. The minimum atomic E-state index is -0.471. The zero-order valence-electron chi connectivity index (χ0n) is 10.9. The third-order valence-electron chi connectivity index (χ3n) is 3.89. The Bertz CT molecular complexity index is 498. The topological polar surface area (TPSA) is 58.6 Å². The van der Waals surface area contributed by atoms with Crippen LogP contribution in [-0.4, -0.2) is 23.7 Å². The number of nitrogens with one attached hydrogen (secondary N) is 1. The van der Waals surface area contributed by atoms with Gasteiger partial charge in [-0.1, -0.05) is 0 Å². The van der Waals surface area contributed by atoms with Gasteiger partial charge in [0.15, 0.2) is 6.10 Å². The number of hydrogen-bond acceptors (Lipinski definition) is 3. The Kier molecular flexibility index (Phi) is 3.42. The Morgan fingerprint density at radius 2 is 2.00 bits per heavy atom. The molecule has 102 valence electrons. The summed E-state index contributed by atoms with van der Waals surface area (Å²) >= 11 is 0. The van der Waals surface area contributed by atoms with E-state index >= 15 is 0 Å². The number of aryl methyl sites for hydroxylation is 2. The second-order valence-corrected chi connectivity index (χ2v) is 5.29. The Labute approximate surface area is 112 Å². The van der Waals surface area contributed by atoms with Gasteiger partial charge < -0.3 is 15.2 Å². The molecule has 4 nitrogen and oxygen atoms in total. The highest BCUT2D eigenvalue weighted by molar-refractivity contribution is 5.97. The summed E-state index contributed by atoms with van der Waals surface area (Å²) in [6, 6.07) is 4.14. The summed E-state index contributed by atoms with van der Waals surface area (Å²) < 4.78 is 5.79. The van der Waals surface area contributed by atoms with Gasteiger partial charge in [-0.3, -0.25) is 4.79 Å². The van der Waals surface area contributed by atoms with Crippen LogP contribution in [0, 0.1) is 0 Å². The van der Waals surface area contributed by atoms with E-state index in [0.29, 0.717) is 12.8 Å². The van der Waals surface area contributed by atoms with Crippen LogP contribution in [0.5, 0.6) is 5.75 Å². The van der Waals surface area contributed by atoms with E-state index in [1.165, 1.54) is 24.0 Å². The largest absolute Gasteiger partial charge is 0.478 e. The monoisotopic (exact) mass is 261 g/mol. The first-order valence-corrected chi connectivity index (χ1v) is 7.02. The number of ether oxygens (including phenoxy) is 1. The summed E-state index contributed by atoms with van der Waals surface area (Å²) in [5.41, 5.74) is 3.48. The lowest BCUT2D eigenvalue weighted by atomic mass is 9.90. The number of carbonyl (C=O) groups is 1. The molecule has 2 aliphatic rings. The Morgan fingerprint density at radius 3 is 2.74 bits per heavy atom. The van der Waals surface area contributed by atoms with Gasteiger partial charge in [-0.25, -0.2) is 0 Å². The molecule has 0 spiro atoms. The van der Waals surface area contributed by atoms with Crippen molar-refractivity contribution in [3.05, 3.63) is 23.3 Å². The second-order valence-electron chi connectivity index (χ2n) is 5.29. The van der Waals surface area contributed by atoms with Crippen LogP contribution in [0.25, 0.3) is 0 Å². The van der Waals surface area contributed by atoms with Crippen molar-refractivity contribution < 1.29 is 14.6 Å². The molecule has 0 bridgehead atoms. The molecule has 2 N–H and O–H groups in total. The van der Waals surface area contributed by atoms with Gasteiger partial charge in [-0.15, -0.1) is 0 Å². The quantitative estimate of drug-likeness (QED) is 0.875. The molecule has 1 heterocycles. The van der Waals surface area contributed by atoms with Gasteiger partial charge in [-0.2, -0.15) is 0 Å². The fourth-order valence-electron chi connectivity index (χ4n) is 2.85. The first-order valence-electron chi connectivity index (χ1n) is 7.02. The van der Waals surface area contributed by atoms with Gasteiger partial charge in [0.25, 0.3) is 5.91 Å². The predicted molar refractivity (Wildman–Crippen MR) is 72.4 cm³/mol. The maximum Gasteiger partial charge on any atom is 0.265 e. The number of benzene rings is 1. The van der Waals surface area contributed by atoms with E-state index in [4.69, 9.17) is 9.84 Å². The third-order valence-corrected chi connectivity index (χ3v) is 3.89. The zero-order valence-corrected chi connectivity index (χ0v) is 10.9. The van der Waals surface area contributed by atoms with Crippen LogP contribution in [0.2, 0.25) is 0 Å². The SMILES string of the molecule is O=C1Nc2cc3c(cc2OC1CCCO)CCCC3. The van der Waals surface area contributed by atoms with E-state index in [9.17, 15) is 4.79 Å². The molecule has 1 amide bonds. The molecule has 0 fully saturated rings. The number of hydrogen-bond donors (Lipinski definition) is 2. The molecular weight excluding hydrogens is 242 g/mol. The molecule has 3 rings (SSSR count). The van der Waals surface area contributed by atoms with Crippen LogP contribution in [0.3, 0.4) is 0 Å². The Morgan fingerprint density at radius 1 is 1.26 bits per heavy atom. The third kappa shape index (κ3) is 2.45. The van der Waals surface area contributed by atoms with Gasteiger partial charge in [-0.05, 0) is 61.8 Å². The van der Waals surface area contributed by atoms with Crippen LogP contribution >= 0.6 is 0 Å². The number of aliphatic hydroxyl groups excluding tert-OH is 1. The number of carbonyl (C=O) groups excluding carboxylic acids is 1. The Balaban J connectivity index is 1.85. The van der Waals surface area contributed by atoms with E-state index in [2.05, 4.69) is 17.4 Å². The molecule has 1 atom stereocenters. The lowest BCUT2D eigenvalue weighted by Crippen LogP contribution is -2.37. The highest BCUT2D eigenvalue weighted by Gasteiger charge is 2.28. The average molecular weight is 261 g/mol. The summed E-state index contributed by atoms with van der Waals surface area (Å²) in [5, 5.41) is 11.8. The lowest BCUT2D eigenvalue weighted by Gasteiger charge is -2.28. The summed E-state index contributed by atoms with van der Waals surface area (Å²) in [5.74, 6) is 0.680.